The summed E-state index contributed by atoms with van der Waals surface area (Å²) in [5.74, 6) is -0.381. The van der Waals surface area contributed by atoms with E-state index in [0.717, 1.165) is 35.5 Å². The lowest BCUT2D eigenvalue weighted by Gasteiger charge is -2.25. The summed E-state index contributed by atoms with van der Waals surface area (Å²) in [4.78, 5) is 26.7. The molecule has 6 heteroatoms. The van der Waals surface area contributed by atoms with Crippen molar-refractivity contribution in [1.82, 2.24) is 20.0 Å². The maximum atomic E-state index is 12.8. The maximum Gasteiger partial charge on any atom is 0.226 e. The number of amides is 2. The van der Waals surface area contributed by atoms with E-state index in [4.69, 9.17) is 0 Å². The van der Waals surface area contributed by atoms with Gasteiger partial charge in [0.1, 0.15) is 0 Å². The number of hydrogen-bond acceptors (Lipinski definition) is 3. The van der Waals surface area contributed by atoms with Crippen molar-refractivity contribution < 1.29 is 9.59 Å². The first kappa shape index (κ1) is 19.1. The topological polar surface area (TPSA) is 67.2 Å². The normalized spacial score (nSPS) is 19.6. The minimum atomic E-state index is -0.348. The monoisotopic (exact) mass is 368 g/mol. The molecule has 2 atom stereocenters. The van der Waals surface area contributed by atoms with Crippen LogP contribution in [0.25, 0.3) is 0 Å². The van der Waals surface area contributed by atoms with Gasteiger partial charge in [0.05, 0.1) is 17.7 Å². The lowest BCUT2D eigenvalue weighted by molar-refractivity contribution is -0.128. The number of benzene rings is 1. The second-order valence-electron chi connectivity index (χ2n) is 7.47. The highest BCUT2D eigenvalue weighted by atomic mass is 16.2. The standard InChI is InChI=1S/C21H28N4O2/c1-14-6-8-17(9-7-14)20-18(13-19(26)24(20)4)21(27)22-10-5-11-25-16(3)12-15(2)23-25/h6-9,12,18,20H,5,10-11,13H2,1-4H3,(H,22,27)/t18-,20-/m1/s1. The van der Waals surface area contributed by atoms with E-state index in [1.807, 2.05) is 55.8 Å². The summed E-state index contributed by atoms with van der Waals surface area (Å²) in [7, 11) is 1.78. The molecule has 1 saturated heterocycles. The van der Waals surface area contributed by atoms with Crippen molar-refractivity contribution in [3.63, 3.8) is 0 Å². The molecule has 2 amide bonds. The van der Waals surface area contributed by atoms with E-state index in [2.05, 4.69) is 10.4 Å². The number of rotatable bonds is 6. The van der Waals surface area contributed by atoms with Crippen LogP contribution < -0.4 is 5.32 Å². The molecule has 1 aliphatic rings. The number of carbonyl (C=O) groups is 2. The summed E-state index contributed by atoms with van der Waals surface area (Å²) in [5, 5.41) is 7.45. The minimum Gasteiger partial charge on any atom is -0.356 e. The first-order chi connectivity index (χ1) is 12.9. The summed E-state index contributed by atoms with van der Waals surface area (Å²) in [6.45, 7) is 7.38. The summed E-state index contributed by atoms with van der Waals surface area (Å²) < 4.78 is 1.96. The Kier molecular flexibility index (Phi) is 5.63. The molecule has 0 unspecified atom stereocenters. The van der Waals surface area contributed by atoms with Gasteiger partial charge >= 0.3 is 0 Å². The third-order valence-electron chi connectivity index (χ3n) is 5.29. The minimum absolute atomic E-state index is 0.0170. The second-order valence-corrected chi connectivity index (χ2v) is 7.47. The van der Waals surface area contributed by atoms with E-state index in [1.54, 1.807) is 11.9 Å². The molecular weight excluding hydrogens is 340 g/mol. The zero-order valence-corrected chi connectivity index (χ0v) is 16.5. The van der Waals surface area contributed by atoms with Crippen molar-refractivity contribution >= 4 is 11.8 Å². The first-order valence-electron chi connectivity index (χ1n) is 9.48. The van der Waals surface area contributed by atoms with Crippen molar-refractivity contribution in [3.05, 3.63) is 52.8 Å². The molecule has 144 valence electrons. The summed E-state index contributed by atoms with van der Waals surface area (Å²) in [6, 6.07) is 9.92. The number of hydrogen-bond donors (Lipinski definition) is 1. The Morgan fingerprint density at radius 3 is 2.56 bits per heavy atom. The van der Waals surface area contributed by atoms with Crippen LogP contribution in [0.2, 0.25) is 0 Å². The highest BCUT2D eigenvalue weighted by Crippen LogP contribution is 2.37. The number of likely N-dealkylation sites (tertiary alicyclic amines) is 1. The van der Waals surface area contributed by atoms with Crippen LogP contribution in [0, 0.1) is 26.7 Å². The van der Waals surface area contributed by atoms with Crippen LogP contribution >= 0.6 is 0 Å². The smallest absolute Gasteiger partial charge is 0.226 e. The molecule has 1 fully saturated rings. The summed E-state index contributed by atoms with van der Waals surface area (Å²) >= 11 is 0. The molecule has 27 heavy (non-hydrogen) atoms. The lowest BCUT2D eigenvalue weighted by atomic mass is 9.92. The number of nitrogens with zero attached hydrogens (tertiary/aromatic N) is 3. The van der Waals surface area contributed by atoms with E-state index < -0.39 is 0 Å². The van der Waals surface area contributed by atoms with Crippen molar-refractivity contribution in [1.29, 1.82) is 0 Å². The Labute approximate surface area is 160 Å². The molecule has 1 aliphatic heterocycles. The molecule has 2 heterocycles. The average Bonchev–Trinajstić information content (AvgIpc) is 3.11. The van der Waals surface area contributed by atoms with Gasteiger partial charge < -0.3 is 10.2 Å². The van der Waals surface area contributed by atoms with Gasteiger partial charge in [0, 0.05) is 32.3 Å². The molecule has 0 spiro atoms. The van der Waals surface area contributed by atoms with Crippen molar-refractivity contribution in [2.24, 2.45) is 5.92 Å². The number of aryl methyl sites for hydroxylation is 4. The molecular formula is C21H28N4O2. The predicted molar refractivity (Wildman–Crippen MR) is 104 cm³/mol. The van der Waals surface area contributed by atoms with Gasteiger partial charge in [-0.3, -0.25) is 14.3 Å². The van der Waals surface area contributed by atoms with Crippen molar-refractivity contribution in [2.75, 3.05) is 13.6 Å². The molecule has 0 radical (unpaired) electrons. The Hall–Kier alpha value is -2.63. The largest absolute Gasteiger partial charge is 0.356 e. The van der Waals surface area contributed by atoms with Gasteiger partial charge in [0.2, 0.25) is 11.8 Å². The van der Waals surface area contributed by atoms with Gasteiger partial charge in [-0.1, -0.05) is 29.8 Å². The number of nitrogens with one attached hydrogen (secondary N) is 1. The molecule has 0 bridgehead atoms. The summed E-state index contributed by atoms with van der Waals surface area (Å²) in [5.41, 5.74) is 4.30. The number of aromatic nitrogens is 2. The highest BCUT2D eigenvalue weighted by molar-refractivity contribution is 5.90. The van der Waals surface area contributed by atoms with Gasteiger partial charge in [0.25, 0.3) is 0 Å². The zero-order chi connectivity index (χ0) is 19.6. The Bertz CT molecular complexity index is 825. The van der Waals surface area contributed by atoms with Crippen LogP contribution in [0.3, 0.4) is 0 Å². The predicted octanol–water partition coefficient (Wildman–Crippen LogP) is 2.53. The van der Waals surface area contributed by atoms with Gasteiger partial charge in [-0.15, -0.1) is 0 Å². The Morgan fingerprint density at radius 2 is 1.93 bits per heavy atom. The van der Waals surface area contributed by atoms with E-state index in [0.29, 0.717) is 6.54 Å². The molecule has 2 aromatic rings. The molecule has 0 saturated carbocycles. The highest BCUT2D eigenvalue weighted by Gasteiger charge is 2.42. The third kappa shape index (κ3) is 4.21. The lowest BCUT2D eigenvalue weighted by Crippen LogP contribution is -2.35. The molecule has 3 rings (SSSR count). The van der Waals surface area contributed by atoms with E-state index >= 15 is 0 Å². The summed E-state index contributed by atoms with van der Waals surface area (Å²) in [6.07, 6.45) is 1.07. The zero-order valence-electron chi connectivity index (χ0n) is 16.5. The van der Waals surface area contributed by atoms with E-state index in [9.17, 15) is 9.59 Å². The van der Waals surface area contributed by atoms with Crippen LogP contribution in [0.15, 0.2) is 30.3 Å². The van der Waals surface area contributed by atoms with E-state index in [1.165, 1.54) is 0 Å². The van der Waals surface area contributed by atoms with Crippen LogP contribution in [-0.4, -0.2) is 40.1 Å². The van der Waals surface area contributed by atoms with Gasteiger partial charge in [-0.2, -0.15) is 5.10 Å². The van der Waals surface area contributed by atoms with Crippen molar-refractivity contribution in [3.8, 4) is 0 Å². The fraction of sp³-hybridized carbons (Fsp3) is 0.476. The quantitative estimate of drug-likeness (QED) is 0.797. The Balaban J connectivity index is 1.59. The average molecular weight is 368 g/mol. The van der Waals surface area contributed by atoms with Gasteiger partial charge in [-0.25, -0.2) is 0 Å². The van der Waals surface area contributed by atoms with Gasteiger partial charge in [0.15, 0.2) is 0 Å². The third-order valence-corrected chi connectivity index (χ3v) is 5.29. The SMILES string of the molecule is Cc1ccc([C@@H]2[C@H](C(=O)NCCCn3nc(C)cc3C)CC(=O)N2C)cc1. The molecule has 1 aromatic carbocycles. The molecule has 6 nitrogen and oxygen atoms in total. The number of carbonyl (C=O) groups excluding carboxylic acids is 2. The fourth-order valence-corrected chi connectivity index (χ4v) is 3.80. The van der Waals surface area contributed by atoms with E-state index in [-0.39, 0.29) is 30.2 Å². The van der Waals surface area contributed by atoms with Crippen LogP contribution in [0.4, 0.5) is 0 Å². The Morgan fingerprint density at radius 1 is 1.22 bits per heavy atom. The maximum absolute atomic E-state index is 12.8. The fourth-order valence-electron chi connectivity index (χ4n) is 3.80. The first-order valence-corrected chi connectivity index (χ1v) is 9.48. The van der Waals surface area contributed by atoms with Crippen LogP contribution in [0.5, 0.6) is 0 Å². The molecule has 0 aliphatic carbocycles. The molecule has 1 aromatic heterocycles. The van der Waals surface area contributed by atoms with Crippen LogP contribution in [-0.2, 0) is 16.1 Å². The van der Waals surface area contributed by atoms with Gasteiger partial charge in [-0.05, 0) is 38.8 Å². The van der Waals surface area contributed by atoms with Crippen molar-refractivity contribution in [2.45, 2.75) is 46.2 Å². The second kappa shape index (κ2) is 7.94. The molecule has 1 N–H and O–H groups in total. The van der Waals surface area contributed by atoms with Crippen LogP contribution in [0.1, 0.15) is 41.4 Å².